The van der Waals surface area contributed by atoms with E-state index in [9.17, 15) is 14.4 Å². The minimum Gasteiger partial charge on any atom is -0.462 e. The summed E-state index contributed by atoms with van der Waals surface area (Å²) in [6.45, 7) is 8.95. The van der Waals surface area contributed by atoms with Crippen molar-refractivity contribution in [2.75, 3.05) is 13.2 Å². The molecule has 0 spiro atoms. The molecule has 6 heteroatoms. The second-order valence-electron chi connectivity index (χ2n) is 16.2. The third kappa shape index (κ3) is 39.6. The minimum absolute atomic E-state index is 0.0641. The molecule has 0 aromatic carbocycles. The molecule has 308 valence electrons. The zero-order chi connectivity index (χ0) is 38.2. The Morgan fingerprint density at radius 3 is 0.942 bits per heavy atom. The Kier molecular flexibility index (Phi) is 39.4. The molecule has 0 rings (SSSR count). The van der Waals surface area contributed by atoms with Crippen LogP contribution < -0.4 is 0 Å². The second kappa shape index (κ2) is 40.6. The molecular weight excluding hydrogens is 648 g/mol. The largest absolute Gasteiger partial charge is 0.462 e. The van der Waals surface area contributed by atoms with Crippen LogP contribution in [0.5, 0.6) is 0 Å². The summed E-state index contributed by atoms with van der Waals surface area (Å²) in [5.74, 6) is -0.0625. The molecule has 0 aliphatic carbocycles. The highest BCUT2D eigenvalue weighted by Crippen LogP contribution is 2.16. The van der Waals surface area contributed by atoms with E-state index in [1.165, 1.54) is 148 Å². The van der Waals surface area contributed by atoms with Gasteiger partial charge < -0.3 is 14.2 Å². The monoisotopic (exact) mass is 737 g/mol. The van der Waals surface area contributed by atoms with Crippen LogP contribution in [0.4, 0.5) is 0 Å². The van der Waals surface area contributed by atoms with Gasteiger partial charge in [-0.2, -0.15) is 0 Å². The van der Waals surface area contributed by atoms with E-state index in [0.717, 1.165) is 63.7 Å². The van der Waals surface area contributed by atoms with Gasteiger partial charge in [0.2, 0.25) is 0 Å². The van der Waals surface area contributed by atoms with Gasteiger partial charge in [0.1, 0.15) is 13.2 Å². The molecule has 0 radical (unpaired) electrons. The third-order valence-electron chi connectivity index (χ3n) is 10.3. The van der Waals surface area contributed by atoms with Crippen molar-refractivity contribution in [2.45, 2.75) is 259 Å². The molecule has 0 saturated heterocycles. The van der Waals surface area contributed by atoms with Gasteiger partial charge in [0.15, 0.2) is 6.10 Å². The summed E-state index contributed by atoms with van der Waals surface area (Å²) in [5, 5.41) is 0. The van der Waals surface area contributed by atoms with Crippen LogP contribution >= 0.6 is 0 Å². The fraction of sp³-hybridized carbons (Fsp3) is 0.935. The summed E-state index contributed by atoms with van der Waals surface area (Å²) in [6.07, 6.45) is 39.4. The summed E-state index contributed by atoms with van der Waals surface area (Å²) in [7, 11) is 0. The van der Waals surface area contributed by atoms with Gasteiger partial charge in [-0.25, -0.2) is 0 Å². The molecule has 0 N–H and O–H groups in total. The van der Waals surface area contributed by atoms with E-state index in [-0.39, 0.29) is 31.1 Å². The maximum absolute atomic E-state index is 12.7. The van der Waals surface area contributed by atoms with Gasteiger partial charge in [-0.05, 0) is 25.2 Å². The van der Waals surface area contributed by atoms with Gasteiger partial charge in [-0.1, -0.05) is 214 Å². The number of carbonyl (C=O) groups excluding carboxylic acids is 3. The Morgan fingerprint density at radius 2 is 0.635 bits per heavy atom. The van der Waals surface area contributed by atoms with Crippen LogP contribution in [0.2, 0.25) is 0 Å². The average Bonchev–Trinajstić information content (AvgIpc) is 3.12. The van der Waals surface area contributed by atoms with E-state index in [1.807, 2.05) is 0 Å². The normalized spacial score (nSPS) is 11.9. The predicted octanol–water partition coefficient (Wildman–Crippen LogP) is 14.3. The molecule has 6 nitrogen and oxygen atoms in total. The van der Waals surface area contributed by atoms with E-state index in [4.69, 9.17) is 14.2 Å². The predicted molar refractivity (Wildman–Crippen MR) is 220 cm³/mol. The summed E-state index contributed by atoms with van der Waals surface area (Å²) >= 11 is 0. The number of carbonyl (C=O) groups is 3. The number of esters is 3. The summed E-state index contributed by atoms with van der Waals surface area (Å²) in [4.78, 5) is 37.7. The highest BCUT2D eigenvalue weighted by molar-refractivity contribution is 5.71. The summed E-state index contributed by atoms with van der Waals surface area (Å²) in [6, 6.07) is 0. The van der Waals surface area contributed by atoms with Crippen molar-refractivity contribution in [3.63, 3.8) is 0 Å². The number of ether oxygens (including phenoxy) is 3. The summed E-state index contributed by atoms with van der Waals surface area (Å²) < 4.78 is 16.7. The van der Waals surface area contributed by atoms with Crippen molar-refractivity contribution in [3.8, 4) is 0 Å². The standard InChI is InChI=1S/C46H88O6/c1-5-7-9-11-13-15-17-19-21-26-30-34-38-45(48)51-41-43(52-46(49)39-35-31-27-23-22-24-28-32-36-42(3)4)40-50-44(47)37-33-29-25-20-18-16-14-12-10-8-6-2/h42-43H,5-41H2,1-4H3/t43-/m1/s1. The zero-order valence-electron chi connectivity index (χ0n) is 35.3. The molecule has 52 heavy (non-hydrogen) atoms. The van der Waals surface area contributed by atoms with Gasteiger partial charge in [0.05, 0.1) is 0 Å². The maximum Gasteiger partial charge on any atom is 0.306 e. The molecule has 0 aliphatic rings. The Balaban J connectivity index is 4.33. The Bertz CT molecular complexity index is 781. The highest BCUT2D eigenvalue weighted by atomic mass is 16.6. The Labute approximate surface area is 323 Å². The van der Waals surface area contributed by atoms with E-state index in [1.54, 1.807) is 0 Å². The van der Waals surface area contributed by atoms with E-state index < -0.39 is 6.10 Å². The van der Waals surface area contributed by atoms with Crippen molar-refractivity contribution < 1.29 is 28.6 Å². The van der Waals surface area contributed by atoms with Crippen molar-refractivity contribution >= 4 is 17.9 Å². The zero-order valence-corrected chi connectivity index (χ0v) is 35.3. The van der Waals surface area contributed by atoms with Gasteiger partial charge in [0.25, 0.3) is 0 Å². The van der Waals surface area contributed by atoms with Crippen molar-refractivity contribution in [1.29, 1.82) is 0 Å². The molecule has 0 bridgehead atoms. The van der Waals surface area contributed by atoms with Crippen molar-refractivity contribution in [1.82, 2.24) is 0 Å². The third-order valence-corrected chi connectivity index (χ3v) is 10.3. The smallest absolute Gasteiger partial charge is 0.306 e. The number of rotatable bonds is 41. The Morgan fingerprint density at radius 1 is 0.365 bits per heavy atom. The van der Waals surface area contributed by atoms with Crippen LogP contribution in [0.3, 0.4) is 0 Å². The molecule has 0 unspecified atom stereocenters. The average molecular weight is 737 g/mol. The van der Waals surface area contributed by atoms with E-state index in [0.29, 0.717) is 19.3 Å². The molecule has 0 aromatic rings. The first kappa shape index (κ1) is 50.4. The van der Waals surface area contributed by atoms with Gasteiger partial charge in [-0.15, -0.1) is 0 Å². The molecule has 0 heterocycles. The molecular formula is C46H88O6. The lowest BCUT2D eigenvalue weighted by molar-refractivity contribution is -0.167. The van der Waals surface area contributed by atoms with Crippen LogP contribution in [-0.4, -0.2) is 37.2 Å². The quantitative estimate of drug-likeness (QED) is 0.0353. The SMILES string of the molecule is CCCCCCCCCCCCCCC(=O)OC[C@@H](COC(=O)CCCCCCCCCCCCC)OC(=O)CCCCCCCCCCC(C)C. The van der Waals surface area contributed by atoms with E-state index >= 15 is 0 Å². The fourth-order valence-corrected chi connectivity index (χ4v) is 6.80. The van der Waals surface area contributed by atoms with E-state index in [2.05, 4.69) is 27.7 Å². The first-order valence-corrected chi connectivity index (χ1v) is 22.9. The number of hydrogen-bond acceptors (Lipinski definition) is 6. The van der Waals surface area contributed by atoms with Crippen LogP contribution in [0, 0.1) is 5.92 Å². The van der Waals surface area contributed by atoms with Crippen molar-refractivity contribution in [3.05, 3.63) is 0 Å². The second-order valence-corrected chi connectivity index (χ2v) is 16.2. The number of unbranched alkanes of at least 4 members (excludes halogenated alkanes) is 28. The molecule has 1 atom stereocenters. The van der Waals surface area contributed by atoms with Crippen LogP contribution in [0.15, 0.2) is 0 Å². The first-order chi connectivity index (χ1) is 25.4. The van der Waals surface area contributed by atoms with Gasteiger partial charge in [0, 0.05) is 19.3 Å². The number of hydrogen-bond donors (Lipinski definition) is 0. The topological polar surface area (TPSA) is 78.9 Å². The minimum atomic E-state index is -0.759. The lowest BCUT2D eigenvalue weighted by atomic mass is 10.0. The molecule has 0 amide bonds. The fourth-order valence-electron chi connectivity index (χ4n) is 6.80. The molecule has 0 aromatic heterocycles. The lowest BCUT2D eigenvalue weighted by Crippen LogP contribution is -2.30. The first-order valence-electron chi connectivity index (χ1n) is 22.9. The molecule has 0 aliphatic heterocycles. The molecule has 0 saturated carbocycles. The lowest BCUT2D eigenvalue weighted by Gasteiger charge is -2.18. The molecule has 0 fully saturated rings. The highest BCUT2D eigenvalue weighted by Gasteiger charge is 2.19. The van der Waals surface area contributed by atoms with Gasteiger partial charge in [-0.3, -0.25) is 14.4 Å². The van der Waals surface area contributed by atoms with Crippen molar-refractivity contribution in [2.24, 2.45) is 5.92 Å². The summed E-state index contributed by atoms with van der Waals surface area (Å²) in [5.41, 5.74) is 0. The van der Waals surface area contributed by atoms with Gasteiger partial charge >= 0.3 is 17.9 Å². The Hall–Kier alpha value is -1.59. The van der Waals surface area contributed by atoms with Crippen LogP contribution in [-0.2, 0) is 28.6 Å². The van der Waals surface area contributed by atoms with Crippen LogP contribution in [0.1, 0.15) is 252 Å². The maximum atomic E-state index is 12.7. The van der Waals surface area contributed by atoms with Crippen LogP contribution in [0.25, 0.3) is 0 Å².